The van der Waals surface area contributed by atoms with Crippen LogP contribution in [0, 0.1) is 0 Å². The average Bonchev–Trinajstić information content (AvgIpc) is 3.00. The first kappa shape index (κ1) is 24.1. The Labute approximate surface area is 229 Å². The monoisotopic (exact) mass is 503 g/mol. The van der Waals surface area contributed by atoms with Gasteiger partial charge in [-0.15, -0.1) is 0 Å². The molecule has 188 valence electrons. The van der Waals surface area contributed by atoms with Gasteiger partial charge in [0, 0.05) is 28.4 Å². The van der Waals surface area contributed by atoms with E-state index in [0.717, 1.165) is 50.7 Å². The van der Waals surface area contributed by atoms with E-state index in [1.54, 1.807) is 0 Å². The highest BCUT2D eigenvalue weighted by molar-refractivity contribution is 5.81. The van der Waals surface area contributed by atoms with Crippen LogP contribution < -0.4 is 16.4 Å². The second kappa shape index (κ2) is 10.6. The number of rotatable bonds is 6. The van der Waals surface area contributed by atoms with Crippen LogP contribution in [0.25, 0.3) is 33.4 Å². The molecule has 0 atom stereocenters. The second-order valence-corrected chi connectivity index (χ2v) is 9.59. The lowest BCUT2D eigenvalue weighted by Gasteiger charge is -2.26. The van der Waals surface area contributed by atoms with Crippen molar-refractivity contribution in [2.24, 2.45) is 0 Å². The van der Waals surface area contributed by atoms with Crippen molar-refractivity contribution < 1.29 is 0 Å². The smallest absolute Gasteiger partial charge is 0.0462 e. The summed E-state index contributed by atoms with van der Waals surface area (Å²) in [5.41, 5.74) is 23.5. The molecule has 0 fully saturated rings. The summed E-state index contributed by atoms with van der Waals surface area (Å²) in [6.45, 7) is 0. The molecule has 0 spiro atoms. The number of hydrogen-bond acceptors (Lipinski definition) is 3. The lowest BCUT2D eigenvalue weighted by Crippen LogP contribution is -2.09. The third-order valence-electron chi connectivity index (χ3n) is 6.97. The molecule has 0 aliphatic carbocycles. The maximum absolute atomic E-state index is 5.89. The minimum Gasteiger partial charge on any atom is -0.399 e. The van der Waals surface area contributed by atoms with Crippen molar-refractivity contribution >= 4 is 28.4 Å². The Kier molecular flexibility index (Phi) is 6.55. The highest BCUT2D eigenvalue weighted by atomic mass is 15.1. The number of nitrogens with two attached hydrogens (primary N) is 2. The van der Waals surface area contributed by atoms with Crippen LogP contribution >= 0.6 is 0 Å². The molecule has 0 aliphatic rings. The van der Waals surface area contributed by atoms with Gasteiger partial charge in [0.05, 0.1) is 0 Å². The Morgan fingerprint density at radius 1 is 0.282 bits per heavy atom. The predicted molar refractivity (Wildman–Crippen MR) is 166 cm³/mol. The molecule has 0 heterocycles. The first-order valence-electron chi connectivity index (χ1n) is 13.0. The van der Waals surface area contributed by atoms with Gasteiger partial charge in [-0.05, 0) is 94.0 Å². The van der Waals surface area contributed by atoms with Gasteiger partial charge in [0.15, 0.2) is 0 Å². The highest BCUT2D eigenvalue weighted by Gasteiger charge is 2.14. The molecule has 6 aromatic carbocycles. The molecule has 3 nitrogen and oxygen atoms in total. The average molecular weight is 504 g/mol. The molecule has 0 saturated carbocycles. The summed E-state index contributed by atoms with van der Waals surface area (Å²) in [7, 11) is 0. The molecule has 39 heavy (non-hydrogen) atoms. The molecule has 0 saturated heterocycles. The van der Waals surface area contributed by atoms with Gasteiger partial charge in [-0.2, -0.15) is 0 Å². The fraction of sp³-hybridized carbons (Fsp3) is 0. The molecule has 6 rings (SSSR count). The number of nitrogens with zero attached hydrogens (tertiary/aromatic N) is 1. The fourth-order valence-electron chi connectivity index (χ4n) is 4.84. The Bertz CT molecular complexity index is 1570. The van der Waals surface area contributed by atoms with E-state index in [0.29, 0.717) is 0 Å². The van der Waals surface area contributed by atoms with Gasteiger partial charge in [0.25, 0.3) is 0 Å². The molecule has 4 N–H and O–H groups in total. The quantitative estimate of drug-likeness (QED) is 0.223. The van der Waals surface area contributed by atoms with Crippen LogP contribution in [-0.2, 0) is 0 Å². The Balaban J connectivity index is 1.37. The molecular formula is C36H29N3. The van der Waals surface area contributed by atoms with Crippen molar-refractivity contribution in [2.75, 3.05) is 16.4 Å². The normalized spacial score (nSPS) is 10.8. The molecule has 0 unspecified atom stereocenters. The van der Waals surface area contributed by atoms with Crippen molar-refractivity contribution in [3.05, 3.63) is 152 Å². The maximum Gasteiger partial charge on any atom is 0.0462 e. The van der Waals surface area contributed by atoms with Gasteiger partial charge >= 0.3 is 0 Å². The van der Waals surface area contributed by atoms with Crippen LogP contribution in [0.5, 0.6) is 0 Å². The molecule has 0 bridgehead atoms. The first-order chi connectivity index (χ1) is 19.1. The lowest BCUT2D eigenvalue weighted by atomic mass is 10.0. The van der Waals surface area contributed by atoms with Crippen LogP contribution in [0.4, 0.5) is 28.4 Å². The van der Waals surface area contributed by atoms with Gasteiger partial charge in [0.2, 0.25) is 0 Å². The zero-order valence-electron chi connectivity index (χ0n) is 21.5. The van der Waals surface area contributed by atoms with E-state index in [1.807, 2.05) is 30.3 Å². The standard InChI is InChI=1S/C36H29N3/c37-32-16-6-27(7-17-32)30-12-22-35(23-13-30)39(34-20-10-29(11-21-34)26-4-2-1-3-5-26)36-24-14-31(15-25-36)28-8-18-33(38)19-9-28/h1-25H,37-38H2. The SMILES string of the molecule is Nc1ccc(-c2ccc(N(c3ccc(-c4ccccc4)cc3)c3ccc(-c4ccc(N)cc4)cc3)cc2)cc1. The van der Waals surface area contributed by atoms with Gasteiger partial charge in [0.1, 0.15) is 0 Å². The lowest BCUT2D eigenvalue weighted by molar-refractivity contribution is 1.28. The van der Waals surface area contributed by atoms with Crippen LogP contribution in [0.1, 0.15) is 0 Å². The number of anilines is 5. The van der Waals surface area contributed by atoms with Crippen molar-refractivity contribution in [1.82, 2.24) is 0 Å². The summed E-state index contributed by atoms with van der Waals surface area (Å²) >= 11 is 0. The number of hydrogen-bond donors (Lipinski definition) is 2. The highest BCUT2D eigenvalue weighted by Crippen LogP contribution is 2.37. The minimum atomic E-state index is 0.767. The van der Waals surface area contributed by atoms with Gasteiger partial charge < -0.3 is 16.4 Å². The van der Waals surface area contributed by atoms with E-state index in [4.69, 9.17) is 11.5 Å². The topological polar surface area (TPSA) is 55.3 Å². The minimum absolute atomic E-state index is 0.767. The summed E-state index contributed by atoms with van der Waals surface area (Å²) in [5.74, 6) is 0. The van der Waals surface area contributed by atoms with E-state index in [-0.39, 0.29) is 0 Å². The molecule has 0 amide bonds. The van der Waals surface area contributed by atoms with E-state index in [1.165, 1.54) is 11.1 Å². The molecular weight excluding hydrogens is 474 g/mol. The van der Waals surface area contributed by atoms with Crippen LogP contribution in [0.2, 0.25) is 0 Å². The van der Waals surface area contributed by atoms with Gasteiger partial charge in [-0.25, -0.2) is 0 Å². The number of benzene rings is 6. The molecule has 6 aromatic rings. The molecule has 0 aliphatic heterocycles. The van der Waals surface area contributed by atoms with E-state index >= 15 is 0 Å². The fourth-order valence-corrected chi connectivity index (χ4v) is 4.84. The van der Waals surface area contributed by atoms with Crippen molar-refractivity contribution in [3.63, 3.8) is 0 Å². The summed E-state index contributed by atoms with van der Waals surface area (Å²) in [5, 5.41) is 0. The van der Waals surface area contributed by atoms with E-state index in [2.05, 4.69) is 126 Å². The zero-order valence-corrected chi connectivity index (χ0v) is 21.5. The second-order valence-electron chi connectivity index (χ2n) is 9.59. The Morgan fingerprint density at radius 3 is 0.846 bits per heavy atom. The summed E-state index contributed by atoms with van der Waals surface area (Å²) in [6, 6.07) is 52.5. The molecule has 0 radical (unpaired) electrons. The zero-order chi connectivity index (χ0) is 26.6. The Hall–Kier alpha value is -5.28. The van der Waals surface area contributed by atoms with Crippen molar-refractivity contribution in [3.8, 4) is 33.4 Å². The summed E-state index contributed by atoms with van der Waals surface area (Å²) < 4.78 is 0. The maximum atomic E-state index is 5.89. The van der Waals surface area contributed by atoms with E-state index in [9.17, 15) is 0 Å². The van der Waals surface area contributed by atoms with Gasteiger partial charge in [-0.3, -0.25) is 0 Å². The molecule has 0 aromatic heterocycles. The third-order valence-corrected chi connectivity index (χ3v) is 6.97. The summed E-state index contributed by atoms with van der Waals surface area (Å²) in [6.07, 6.45) is 0. The van der Waals surface area contributed by atoms with Crippen LogP contribution in [-0.4, -0.2) is 0 Å². The van der Waals surface area contributed by atoms with Crippen LogP contribution in [0.15, 0.2) is 152 Å². The largest absolute Gasteiger partial charge is 0.399 e. The van der Waals surface area contributed by atoms with E-state index < -0.39 is 0 Å². The Morgan fingerprint density at radius 2 is 0.538 bits per heavy atom. The van der Waals surface area contributed by atoms with Gasteiger partial charge in [-0.1, -0.05) is 91.0 Å². The first-order valence-corrected chi connectivity index (χ1v) is 13.0. The summed E-state index contributed by atoms with van der Waals surface area (Å²) in [4.78, 5) is 2.29. The predicted octanol–water partition coefficient (Wildman–Crippen LogP) is 9.32. The molecule has 3 heteroatoms. The van der Waals surface area contributed by atoms with Crippen molar-refractivity contribution in [2.45, 2.75) is 0 Å². The van der Waals surface area contributed by atoms with Crippen molar-refractivity contribution in [1.29, 1.82) is 0 Å². The third kappa shape index (κ3) is 5.25. The number of nitrogen functional groups attached to an aromatic ring is 2. The van der Waals surface area contributed by atoms with Crippen LogP contribution in [0.3, 0.4) is 0 Å².